The number of amides is 1. The third-order valence-corrected chi connectivity index (χ3v) is 2.55. The highest BCUT2D eigenvalue weighted by atomic mass is 16.1. The van der Waals surface area contributed by atoms with Crippen molar-refractivity contribution in [2.24, 2.45) is 5.73 Å². The average Bonchev–Trinajstić information content (AvgIpc) is 2.30. The Kier molecular flexibility index (Phi) is 2.68. The van der Waals surface area contributed by atoms with Gasteiger partial charge in [0.15, 0.2) is 0 Å². The fraction of sp³-hybridized carbons (Fsp3) is 0.154. The van der Waals surface area contributed by atoms with Gasteiger partial charge in [0.25, 0.3) is 0 Å². The highest BCUT2D eigenvalue weighted by Crippen LogP contribution is 2.23. The average molecular weight is 199 g/mol. The van der Waals surface area contributed by atoms with E-state index in [9.17, 15) is 4.79 Å². The van der Waals surface area contributed by atoms with Crippen molar-refractivity contribution in [3.05, 3.63) is 53.6 Å². The molecule has 0 fully saturated rings. The van der Waals surface area contributed by atoms with E-state index >= 15 is 0 Å². The van der Waals surface area contributed by atoms with Gasteiger partial charge in [-0.1, -0.05) is 30.4 Å². The number of rotatable bonds is 2. The number of allylic oxidation sites excluding steroid dienone is 4. The first-order valence-electron chi connectivity index (χ1n) is 5.03. The summed E-state index contributed by atoms with van der Waals surface area (Å²) in [6.45, 7) is 0. The van der Waals surface area contributed by atoms with Crippen LogP contribution >= 0.6 is 0 Å². The van der Waals surface area contributed by atoms with Crippen molar-refractivity contribution in [1.29, 1.82) is 0 Å². The molecule has 2 N–H and O–H groups in total. The molecule has 0 saturated carbocycles. The Morgan fingerprint density at radius 2 is 1.93 bits per heavy atom. The maximum atomic E-state index is 10.9. The van der Waals surface area contributed by atoms with Crippen LogP contribution < -0.4 is 5.73 Å². The number of nitrogens with two attached hydrogens (primary N) is 1. The van der Waals surface area contributed by atoms with E-state index in [0.717, 1.165) is 12.8 Å². The second-order valence-electron chi connectivity index (χ2n) is 3.60. The van der Waals surface area contributed by atoms with Crippen LogP contribution in [0.2, 0.25) is 0 Å². The van der Waals surface area contributed by atoms with Crippen LogP contribution in [0.25, 0.3) is 5.57 Å². The summed E-state index contributed by atoms with van der Waals surface area (Å²) >= 11 is 0. The minimum Gasteiger partial charge on any atom is -0.366 e. The van der Waals surface area contributed by atoms with Gasteiger partial charge in [0.2, 0.25) is 5.91 Å². The van der Waals surface area contributed by atoms with Gasteiger partial charge in [-0.05, 0) is 36.1 Å². The lowest BCUT2D eigenvalue weighted by atomic mass is 9.97. The molecule has 0 spiro atoms. The zero-order chi connectivity index (χ0) is 10.7. The summed E-state index contributed by atoms with van der Waals surface area (Å²) in [6.07, 6.45) is 8.49. The molecule has 1 aliphatic carbocycles. The predicted molar refractivity (Wildman–Crippen MR) is 61.3 cm³/mol. The lowest BCUT2D eigenvalue weighted by Crippen LogP contribution is -2.10. The van der Waals surface area contributed by atoms with Gasteiger partial charge in [0.05, 0.1) is 0 Å². The van der Waals surface area contributed by atoms with Crippen LogP contribution in [0.15, 0.2) is 42.5 Å². The second kappa shape index (κ2) is 4.13. The van der Waals surface area contributed by atoms with Crippen molar-refractivity contribution < 1.29 is 4.79 Å². The molecule has 1 aliphatic rings. The van der Waals surface area contributed by atoms with Crippen LogP contribution in [-0.2, 0) is 0 Å². The van der Waals surface area contributed by atoms with E-state index in [-0.39, 0.29) is 5.91 Å². The zero-order valence-corrected chi connectivity index (χ0v) is 8.44. The third-order valence-electron chi connectivity index (χ3n) is 2.55. The molecule has 0 aliphatic heterocycles. The molecule has 1 aromatic carbocycles. The molecule has 2 nitrogen and oxygen atoms in total. The first kappa shape index (κ1) is 9.71. The van der Waals surface area contributed by atoms with E-state index in [1.165, 1.54) is 11.1 Å². The van der Waals surface area contributed by atoms with Crippen molar-refractivity contribution in [3.8, 4) is 0 Å². The van der Waals surface area contributed by atoms with Gasteiger partial charge in [-0.3, -0.25) is 4.79 Å². The second-order valence-corrected chi connectivity index (χ2v) is 3.60. The molecular weight excluding hydrogens is 186 g/mol. The Labute approximate surface area is 89.1 Å². The molecule has 0 aromatic heterocycles. The van der Waals surface area contributed by atoms with Gasteiger partial charge in [-0.2, -0.15) is 0 Å². The van der Waals surface area contributed by atoms with Crippen LogP contribution in [0.4, 0.5) is 0 Å². The maximum Gasteiger partial charge on any atom is 0.248 e. The monoisotopic (exact) mass is 199 g/mol. The Bertz CT molecular complexity index is 426. The largest absolute Gasteiger partial charge is 0.366 e. The summed E-state index contributed by atoms with van der Waals surface area (Å²) < 4.78 is 0. The van der Waals surface area contributed by atoms with Crippen LogP contribution in [0.1, 0.15) is 28.8 Å². The smallest absolute Gasteiger partial charge is 0.248 e. The lowest BCUT2D eigenvalue weighted by Gasteiger charge is -2.09. The highest BCUT2D eigenvalue weighted by molar-refractivity contribution is 5.93. The molecule has 15 heavy (non-hydrogen) atoms. The molecular formula is C13H13NO. The van der Waals surface area contributed by atoms with Crippen molar-refractivity contribution >= 4 is 11.5 Å². The Morgan fingerprint density at radius 3 is 2.47 bits per heavy atom. The van der Waals surface area contributed by atoms with Gasteiger partial charge in [-0.15, -0.1) is 0 Å². The van der Waals surface area contributed by atoms with E-state index in [1.807, 2.05) is 12.1 Å². The molecule has 0 atom stereocenters. The standard InChI is InChI=1S/C13H13NO/c14-13(15)12-8-6-11(7-9-12)10-4-2-1-3-5-10/h1-2,4,6-9H,3,5H2,(H2,14,15). The van der Waals surface area contributed by atoms with E-state index in [4.69, 9.17) is 5.73 Å². The van der Waals surface area contributed by atoms with Gasteiger partial charge in [-0.25, -0.2) is 0 Å². The summed E-state index contributed by atoms with van der Waals surface area (Å²) in [5.41, 5.74) is 8.22. The van der Waals surface area contributed by atoms with Crippen LogP contribution in [0, 0.1) is 0 Å². The lowest BCUT2D eigenvalue weighted by molar-refractivity contribution is 0.100. The molecule has 0 radical (unpaired) electrons. The molecule has 0 unspecified atom stereocenters. The van der Waals surface area contributed by atoms with Crippen molar-refractivity contribution in [1.82, 2.24) is 0 Å². The third kappa shape index (κ3) is 2.15. The number of primary amides is 1. The van der Waals surface area contributed by atoms with Crippen LogP contribution in [0.3, 0.4) is 0 Å². The molecule has 76 valence electrons. The van der Waals surface area contributed by atoms with E-state index in [2.05, 4.69) is 18.2 Å². The quantitative estimate of drug-likeness (QED) is 0.781. The van der Waals surface area contributed by atoms with Crippen molar-refractivity contribution in [3.63, 3.8) is 0 Å². The Hall–Kier alpha value is -1.83. The summed E-state index contributed by atoms with van der Waals surface area (Å²) in [5, 5.41) is 0. The number of carbonyl (C=O) groups is 1. The summed E-state index contributed by atoms with van der Waals surface area (Å²) in [6, 6.07) is 7.45. The molecule has 0 heterocycles. The van der Waals surface area contributed by atoms with Crippen LogP contribution in [-0.4, -0.2) is 5.91 Å². The van der Waals surface area contributed by atoms with Crippen molar-refractivity contribution in [2.75, 3.05) is 0 Å². The first-order chi connectivity index (χ1) is 7.27. The summed E-state index contributed by atoms with van der Waals surface area (Å²) in [7, 11) is 0. The van der Waals surface area contributed by atoms with Gasteiger partial charge >= 0.3 is 0 Å². The summed E-state index contributed by atoms with van der Waals surface area (Å²) in [5.74, 6) is -0.376. The fourth-order valence-electron chi connectivity index (χ4n) is 1.69. The van der Waals surface area contributed by atoms with Gasteiger partial charge < -0.3 is 5.73 Å². The van der Waals surface area contributed by atoms with E-state index in [1.54, 1.807) is 12.1 Å². The summed E-state index contributed by atoms with van der Waals surface area (Å²) in [4.78, 5) is 10.9. The minimum atomic E-state index is -0.376. The molecule has 1 amide bonds. The molecule has 2 rings (SSSR count). The number of benzene rings is 1. The number of hydrogen-bond acceptors (Lipinski definition) is 1. The van der Waals surface area contributed by atoms with Gasteiger partial charge in [0, 0.05) is 5.56 Å². The first-order valence-corrected chi connectivity index (χ1v) is 5.03. The molecule has 1 aromatic rings. The van der Waals surface area contributed by atoms with Gasteiger partial charge in [0.1, 0.15) is 0 Å². The van der Waals surface area contributed by atoms with Crippen molar-refractivity contribution in [2.45, 2.75) is 12.8 Å². The molecule has 2 heteroatoms. The molecule has 0 bridgehead atoms. The van der Waals surface area contributed by atoms with E-state index < -0.39 is 0 Å². The number of carbonyl (C=O) groups excluding carboxylic acids is 1. The zero-order valence-electron chi connectivity index (χ0n) is 8.44. The molecule has 0 saturated heterocycles. The highest BCUT2D eigenvalue weighted by Gasteiger charge is 2.04. The topological polar surface area (TPSA) is 43.1 Å². The Morgan fingerprint density at radius 1 is 1.20 bits per heavy atom. The minimum absolute atomic E-state index is 0.376. The number of hydrogen-bond donors (Lipinski definition) is 1. The SMILES string of the molecule is NC(=O)c1ccc(C2=CC=CCC2)cc1. The van der Waals surface area contributed by atoms with Crippen LogP contribution in [0.5, 0.6) is 0 Å². The maximum absolute atomic E-state index is 10.9. The predicted octanol–water partition coefficient (Wildman–Crippen LogP) is 2.52. The fourth-order valence-corrected chi connectivity index (χ4v) is 1.69. The van der Waals surface area contributed by atoms with E-state index in [0.29, 0.717) is 5.56 Å². The Balaban J connectivity index is 2.27. The normalized spacial score (nSPS) is 14.8.